The maximum Gasteiger partial charge on any atom is 0.241 e. The highest BCUT2D eigenvalue weighted by Crippen LogP contribution is 2.25. The van der Waals surface area contributed by atoms with Gasteiger partial charge in [0.25, 0.3) is 0 Å². The van der Waals surface area contributed by atoms with E-state index in [1.807, 2.05) is 39.0 Å². The molecule has 3 nitrogen and oxygen atoms in total. The Bertz CT molecular complexity index is 954. The van der Waals surface area contributed by atoms with Crippen molar-refractivity contribution in [2.75, 3.05) is 5.32 Å². The first-order valence-electron chi connectivity index (χ1n) is 10.1. The number of nitrogens with one attached hydrogen (secondary N) is 2. The highest BCUT2D eigenvalue weighted by molar-refractivity contribution is 5.96. The highest BCUT2D eigenvalue weighted by atomic mass is 16.2. The lowest BCUT2D eigenvalue weighted by molar-refractivity contribution is -0.117. The van der Waals surface area contributed by atoms with Crippen molar-refractivity contribution < 1.29 is 4.79 Å². The lowest BCUT2D eigenvalue weighted by Gasteiger charge is -2.25. The summed E-state index contributed by atoms with van der Waals surface area (Å²) in [6, 6.07) is 22.5. The van der Waals surface area contributed by atoms with Crippen LogP contribution in [0.25, 0.3) is 0 Å². The van der Waals surface area contributed by atoms with Crippen LogP contribution in [-0.2, 0) is 4.79 Å². The molecular weight excluding hydrogens is 356 g/mol. The Kier molecular flexibility index (Phi) is 6.50. The number of carbonyl (C=O) groups is 1. The van der Waals surface area contributed by atoms with E-state index in [1.165, 1.54) is 11.1 Å². The van der Waals surface area contributed by atoms with Gasteiger partial charge < -0.3 is 5.32 Å². The summed E-state index contributed by atoms with van der Waals surface area (Å²) in [7, 11) is 0. The molecule has 2 N–H and O–H groups in total. The van der Waals surface area contributed by atoms with Gasteiger partial charge in [0.15, 0.2) is 0 Å². The first-order valence-corrected chi connectivity index (χ1v) is 10.1. The lowest BCUT2D eigenvalue weighted by atomic mass is 9.97. The summed E-state index contributed by atoms with van der Waals surface area (Å²) in [6.07, 6.45) is 0. The predicted octanol–water partition coefficient (Wildman–Crippen LogP) is 5.63. The Morgan fingerprint density at radius 2 is 1.31 bits per heavy atom. The summed E-state index contributed by atoms with van der Waals surface area (Å²) in [6.45, 7) is 10.1. The van der Waals surface area contributed by atoms with E-state index >= 15 is 0 Å². The summed E-state index contributed by atoms with van der Waals surface area (Å²) < 4.78 is 0. The summed E-state index contributed by atoms with van der Waals surface area (Å²) in [5.74, 6) is -0.0342. The van der Waals surface area contributed by atoms with Gasteiger partial charge in [-0.1, -0.05) is 77.9 Å². The van der Waals surface area contributed by atoms with Gasteiger partial charge in [-0.3, -0.25) is 10.1 Å². The first-order chi connectivity index (χ1) is 13.8. The number of hydrogen-bond donors (Lipinski definition) is 2. The Morgan fingerprint density at radius 3 is 1.90 bits per heavy atom. The van der Waals surface area contributed by atoms with E-state index in [-0.39, 0.29) is 18.0 Å². The Morgan fingerprint density at radius 1 is 0.759 bits per heavy atom. The molecule has 0 unspecified atom stereocenters. The molecule has 150 valence electrons. The van der Waals surface area contributed by atoms with Gasteiger partial charge in [0.2, 0.25) is 5.91 Å². The monoisotopic (exact) mass is 386 g/mol. The van der Waals surface area contributed by atoms with Gasteiger partial charge in [-0.05, 0) is 56.9 Å². The molecular formula is C26H30N2O. The van der Waals surface area contributed by atoms with Crippen LogP contribution in [0.2, 0.25) is 0 Å². The number of benzene rings is 3. The van der Waals surface area contributed by atoms with E-state index in [0.29, 0.717) is 0 Å². The molecule has 0 saturated heterocycles. The molecule has 0 aromatic heterocycles. The van der Waals surface area contributed by atoms with Crippen molar-refractivity contribution in [1.82, 2.24) is 5.32 Å². The van der Waals surface area contributed by atoms with Crippen molar-refractivity contribution in [3.05, 3.63) is 100 Å². The van der Waals surface area contributed by atoms with Crippen LogP contribution >= 0.6 is 0 Å². The van der Waals surface area contributed by atoms with Gasteiger partial charge in [0.1, 0.15) is 0 Å². The number of carbonyl (C=O) groups excluding carboxylic acids is 1. The van der Waals surface area contributed by atoms with Gasteiger partial charge in [0, 0.05) is 5.69 Å². The number of hydrogen-bond acceptors (Lipinski definition) is 2. The van der Waals surface area contributed by atoms with Crippen molar-refractivity contribution in [2.45, 2.75) is 46.7 Å². The molecule has 3 rings (SSSR count). The minimum atomic E-state index is -0.360. The predicted molar refractivity (Wildman–Crippen MR) is 121 cm³/mol. The molecule has 0 saturated carbocycles. The molecule has 0 aliphatic carbocycles. The van der Waals surface area contributed by atoms with Gasteiger partial charge in [-0.25, -0.2) is 0 Å². The van der Waals surface area contributed by atoms with Crippen molar-refractivity contribution >= 4 is 11.6 Å². The minimum Gasteiger partial charge on any atom is -0.324 e. The zero-order valence-electron chi connectivity index (χ0n) is 17.9. The molecule has 3 heteroatoms. The van der Waals surface area contributed by atoms with Crippen LogP contribution in [0.4, 0.5) is 5.69 Å². The first kappa shape index (κ1) is 20.8. The third kappa shape index (κ3) is 5.12. The Balaban J connectivity index is 1.82. The molecule has 0 radical (unpaired) electrons. The number of amides is 1. The normalized spacial score (nSPS) is 13.0. The van der Waals surface area contributed by atoms with E-state index < -0.39 is 0 Å². The minimum absolute atomic E-state index is 0.0342. The van der Waals surface area contributed by atoms with Crippen molar-refractivity contribution in [3.63, 3.8) is 0 Å². The second kappa shape index (κ2) is 9.06. The quantitative estimate of drug-likeness (QED) is 0.577. The van der Waals surface area contributed by atoms with Crippen LogP contribution in [-0.4, -0.2) is 11.9 Å². The molecule has 3 aromatic rings. The number of aryl methyl sites for hydroxylation is 4. The summed E-state index contributed by atoms with van der Waals surface area (Å²) in [5, 5.41) is 6.65. The number of anilines is 1. The third-order valence-electron chi connectivity index (χ3n) is 5.28. The maximum atomic E-state index is 13.0. The fraction of sp³-hybridized carbons (Fsp3) is 0.269. The van der Waals surface area contributed by atoms with E-state index in [4.69, 9.17) is 0 Å². The van der Waals surface area contributed by atoms with Crippen LogP contribution in [0.1, 0.15) is 46.3 Å². The molecule has 0 bridgehead atoms. The third-order valence-corrected chi connectivity index (χ3v) is 5.28. The largest absolute Gasteiger partial charge is 0.324 e. The summed E-state index contributed by atoms with van der Waals surface area (Å²) in [5.41, 5.74) is 7.77. The molecule has 29 heavy (non-hydrogen) atoms. The fourth-order valence-corrected chi connectivity index (χ4v) is 3.72. The van der Waals surface area contributed by atoms with Crippen LogP contribution in [0.15, 0.2) is 66.7 Å². The van der Waals surface area contributed by atoms with Crippen molar-refractivity contribution in [3.8, 4) is 0 Å². The SMILES string of the molecule is Cc1ccc([C@H](N[C@H](C)C(=O)Nc2c(C)cc(C)cc2C)c2ccccc2)cc1. The van der Waals surface area contributed by atoms with Crippen LogP contribution in [0.5, 0.6) is 0 Å². The van der Waals surface area contributed by atoms with E-state index in [9.17, 15) is 4.79 Å². The molecule has 3 aromatic carbocycles. The van der Waals surface area contributed by atoms with Crippen molar-refractivity contribution in [1.29, 1.82) is 0 Å². The molecule has 2 atom stereocenters. The van der Waals surface area contributed by atoms with E-state index in [0.717, 1.165) is 27.9 Å². The van der Waals surface area contributed by atoms with Crippen molar-refractivity contribution in [2.24, 2.45) is 0 Å². The van der Waals surface area contributed by atoms with E-state index in [1.54, 1.807) is 0 Å². The molecule has 0 aliphatic heterocycles. The van der Waals surface area contributed by atoms with E-state index in [2.05, 4.69) is 73.0 Å². The topological polar surface area (TPSA) is 41.1 Å². The molecule has 0 heterocycles. The van der Waals surface area contributed by atoms with Gasteiger partial charge >= 0.3 is 0 Å². The number of rotatable bonds is 6. The lowest BCUT2D eigenvalue weighted by Crippen LogP contribution is -2.40. The van der Waals surface area contributed by atoms with Gasteiger partial charge in [-0.15, -0.1) is 0 Å². The zero-order valence-corrected chi connectivity index (χ0v) is 17.9. The molecule has 0 spiro atoms. The fourth-order valence-electron chi connectivity index (χ4n) is 3.72. The second-order valence-electron chi connectivity index (χ2n) is 7.91. The molecule has 0 aliphatic rings. The average molecular weight is 387 g/mol. The smallest absolute Gasteiger partial charge is 0.241 e. The van der Waals surface area contributed by atoms with Crippen LogP contribution in [0, 0.1) is 27.7 Å². The van der Waals surface area contributed by atoms with Crippen LogP contribution < -0.4 is 10.6 Å². The summed E-state index contributed by atoms with van der Waals surface area (Å²) >= 11 is 0. The average Bonchev–Trinajstić information content (AvgIpc) is 2.70. The summed E-state index contributed by atoms with van der Waals surface area (Å²) in [4.78, 5) is 13.0. The maximum absolute atomic E-state index is 13.0. The Hall–Kier alpha value is -2.91. The standard InChI is InChI=1S/C26H30N2O/c1-17-11-13-23(14-12-17)25(22-9-7-6-8-10-22)27-21(5)26(29)28-24-19(3)15-18(2)16-20(24)4/h6-16,21,25,27H,1-5H3,(H,28,29)/t21-,25-/m1/s1. The second-order valence-corrected chi connectivity index (χ2v) is 7.91. The Labute approximate surface area is 174 Å². The van der Waals surface area contributed by atoms with Gasteiger partial charge in [0.05, 0.1) is 12.1 Å². The molecule has 1 amide bonds. The zero-order chi connectivity index (χ0) is 21.0. The highest BCUT2D eigenvalue weighted by Gasteiger charge is 2.21. The molecule has 0 fully saturated rings. The van der Waals surface area contributed by atoms with Crippen LogP contribution in [0.3, 0.4) is 0 Å². The van der Waals surface area contributed by atoms with Gasteiger partial charge in [-0.2, -0.15) is 0 Å².